The van der Waals surface area contributed by atoms with E-state index in [2.05, 4.69) is 0 Å². The average Bonchev–Trinajstić information content (AvgIpc) is 2.81. The Morgan fingerprint density at radius 3 is 2.15 bits per heavy atom. The van der Waals surface area contributed by atoms with Gasteiger partial charge in [-0.3, -0.25) is 4.79 Å². The van der Waals surface area contributed by atoms with Gasteiger partial charge in [-0.25, -0.2) is 13.2 Å². The maximum atomic E-state index is 12.8. The van der Waals surface area contributed by atoms with Gasteiger partial charge in [0.05, 0.1) is 22.4 Å². The lowest BCUT2D eigenvalue weighted by Crippen LogP contribution is -2.35. The summed E-state index contributed by atoms with van der Waals surface area (Å²) in [5.41, 5.74) is 1.64. The molecule has 0 heterocycles. The van der Waals surface area contributed by atoms with Gasteiger partial charge in [-0.1, -0.05) is 48.0 Å². The number of halogens is 1. The van der Waals surface area contributed by atoms with Crippen LogP contribution in [0.4, 0.5) is 4.79 Å². The van der Waals surface area contributed by atoms with Crippen molar-refractivity contribution in [3.8, 4) is 0 Å². The molecule has 1 atom stereocenters. The van der Waals surface area contributed by atoms with E-state index in [0.717, 1.165) is 10.5 Å². The molecule has 3 rings (SSSR count). The van der Waals surface area contributed by atoms with E-state index in [1.54, 1.807) is 36.4 Å². The monoisotopic (exact) mass is 487 g/mol. The standard InChI is InChI=1S/C24H22ClNO6S/c25-20-3-1-2-19(14-20)23(28)15-26(24(29)30)13-12-17-4-8-21(9-5-17)33(31,32)22-10-6-18(16-27)7-11-22/h1-11,14,16,23,28H,12-13,15H2,(H,29,30)/t23-/m1/s1. The molecule has 0 radical (unpaired) electrons. The topological polar surface area (TPSA) is 112 Å². The Bertz CT molecular complexity index is 1230. The second kappa shape index (κ2) is 10.6. The molecule has 7 nitrogen and oxygen atoms in total. The zero-order chi connectivity index (χ0) is 24.0. The molecule has 0 aliphatic rings. The quantitative estimate of drug-likeness (QED) is 0.436. The van der Waals surface area contributed by atoms with Gasteiger partial charge in [0.25, 0.3) is 0 Å². The molecular weight excluding hydrogens is 466 g/mol. The highest BCUT2D eigenvalue weighted by molar-refractivity contribution is 7.91. The minimum absolute atomic E-state index is 0.0768. The summed E-state index contributed by atoms with van der Waals surface area (Å²) in [6.45, 7) is -0.00879. The summed E-state index contributed by atoms with van der Waals surface area (Å²) in [6.07, 6.45) is -1.23. The maximum absolute atomic E-state index is 12.8. The van der Waals surface area contributed by atoms with Crippen molar-refractivity contribution < 1.29 is 28.2 Å². The molecule has 0 spiro atoms. The first kappa shape index (κ1) is 24.4. The molecule has 0 saturated carbocycles. The molecule has 3 aromatic carbocycles. The van der Waals surface area contributed by atoms with Gasteiger partial charge in [0.1, 0.15) is 6.29 Å². The molecule has 0 bridgehead atoms. The number of aliphatic hydroxyl groups is 1. The Morgan fingerprint density at radius 2 is 1.61 bits per heavy atom. The van der Waals surface area contributed by atoms with E-state index in [1.807, 2.05) is 0 Å². The van der Waals surface area contributed by atoms with Crippen LogP contribution in [0.3, 0.4) is 0 Å². The van der Waals surface area contributed by atoms with Crippen molar-refractivity contribution in [2.45, 2.75) is 22.3 Å². The number of aliphatic hydroxyl groups excluding tert-OH is 1. The van der Waals surface area contributed by atoms with E-state index in [9.17, 15) is 28.2 Å². The number of nitrogens with zero attached hydrogens (tertiary/aromatic N) is 1. The van der Waals surface area contributed by atoms with Crippen molar-refractivity contribution in [2.75, 3.05) is 13.1 Å². The van der Waals surface area contributed by atoms with Gasteiger partial charge in [0, 0.05) is 17.1 Å². The number of aldehydes is 1. The van der Waals surface area contributed by atoms with Crippen molar-refractivity contribution >= 4 is 33.8 Å². The van der Waals surface area contributed by atoms with Gasteiger partial charge < -0.3 is 15.1 Å². The Morgan fingerprint density at radius 1 is 1.00 bits per heavy atom. The molecule has 0 unspecified atom stereocenters. The molecule has 9 heteroatoms. The first-order valence-corrected chi connectivity index (χ1v) is 11.9. The lowest BCUT2D eigenvalue weighted by molar-refractivity contribution is 0.0973. The first-order chi connectivity index (χ1) is 15.7. The summed E-state index contributed by atoms with van der Waals surface area (Å²) >= 11 is 5.93. The minimum atomic E-state index is -3.74. The van der Waals surface area contributed by atoms with Crippen molar-refractivity contribution in [1.82, 2.24) is 4.90 Å². The van der Waals surface area contributed by atoms with Crippen LogP contribution in [-0.4, -0.2) is 49.0 Å². The largest absolute Gasteiger partial charge is 0.465 e. The molecule has 172 valence electrons. The number of carbonyl (C=O) groups excluding carboxylic acids is 1. The SMILES string of the molecule is O=Cc1ccc(S(=O)(=O)c2ccc(CCN(C[C@@H](O)c3cccc(Cl)c3)C(=O)O)cc2)cc1. The normalized spacial score (nSPS) is 12.2. The van der Waals surface area contributed by atoms with Crippen LogP contribution < -0.4 is 0 Å². The maximum Gasteiger partial charge on any atom is 0.407 e. The first-order valence-electron chi connectivity index (χ1n) is 10.0. The molecule has 0 aliphatic heterocycles. The van der Waals surface area contributed by atoms with E-state index in [4.69, 9.17) is 11.6 Å². The van der Waals surface area contributed by atoms with Crippen LogP contribution in [0.15, 0.2) is 82.6 Å². The molecule has 2 N–H and O–H groups in total. The molecule has 33 heavy (non-hydrogen) atoms. The predicted molar refractivity (Wildman–Crippen MR) is 123 cm³/mol. The lowest BCUT2D eigenvalue weighted by atomic mass is 10.1. The zero-order valence-electron chi connectivity index (χ0n) is 17.5. The molecule has 0 aromatic heterocycles. The van der Waals surface area contributed by atoms with Crippen LogP contribution >= 0.6 is 11.6 Å². The number of benzene rings is 3. The zero-order valence-corrected chi connectivity index (χ0v) is 19.0. The van der Waals surface area contributed by atoms with E-state index >= 15 is 0 Å². The van der Waals surface area contributed by atoms with Crippen molar-refractivity contribution in [3.05, 3.63) is 94.5 Å². The number of carboxylic acid groups (broad SMARTS) is 1. The summed E-state index contributed by atoms with van der Waals surface area (Å²) in [5.74, 6) is 0. The minimum Gasteiger partial charge on any atom is -0.465 e. The van der Waals surface area contributed by atoms with Crippen molar-refractivity contribution in [2.24, 2.45) is 0 Å². The van der Waals surface area contributed by atoms with E-state index in [0.29, 0.717) is 28.9 Å². The van der Waals surface area contributed by atoms with Crippen LogP contribution in [0.25, 0.3) is 0 Å². The molecule has 0 aliphatic carbocycles. The van der Waals surface area contributed by atoms with Gasteiger partial charge in [-0.2, -0.15) is 0 Å². The average molecular weight is 488 g/mol. The molecule has 0 saturated heterocycles. The summed E-state index contributed by atoms with van der Waals surface area (Å²) in [6, 6.07) is 18.4. The summed E-state index contributed by atoms with van der Waals surface area (Å²) in [7, 11) is -3.74. The highest BCUT2D eigenvalue weighted by Gasteiger charge is 2.20. The summed E-state index contributed by atoms with van der Waals surface area (Å²) in [5, 5.41) is 20.3. The molecule has 1 amide bonds. The fourth-order valence-corrected chi connectivity index (χ4v) is 4.71. The van der Waals surface area contributed by atoms with Crippen LogP contribution in [0.1, 0.15) is 27.6 Å². The van der Waals surface area contributed by atoms with Gasteiger partial charge in [-0.05, 0) is 53.9 Å². The van der Waals surface area contributed by atoms with Crippen LogP contribution in [0.2, 0.25) is 5.02 Å². The van der Waals surface area contributed by atoms with Crippen LogP contribution in [0, 0.1) is 0 Å². The fraction of sp³-hybridized carbons (Fsp3) is 0.167. The number of hydrogen-bond acceptors (Lipinski definition) is 5. The number of rotatable bonds is 9. The molecule has 3 aromatic rings. The number of carbonyl (C=O) groups is 2. The summed E-state index contributed by atoms with van der Waals surface area (Å²) in [4.78, 5) is 23.7. The second-order valence-corrected chi connectivity index (χ2v) is 9.77. The van der Waals surface area contributed by atoms with Crippen LogP contribution in [0.5, 0.6) is 0 Å². The van der Waals surface area contributed by atoms with Crippen molar-refractivity contribution in [1.29, 1.82) is 0 Å². The van der Waals surface area contributed by atoms with Gasteiger partial charge in [-0.15, -0.1) is 0 Å². The van der Waals surface area contributed by atoms with Crippen LogP contribution in [-0.2, 0) is 16.3 Å². The van der Waals surface area contributed by atoms with Gasteiger partial charge >= 0.3 is 6.09 Å². The Kier molecular flexibility index (Phi) is 7.86. The van der Waals surface area contributed by atoms with E-state index in [1.165, 1.54) is 36.4 Å². The number of sulfone groups is 1. The van der Waals surface area contributed by atoms with Gasteiger partial charge in [0.15, 0.2) is 0 Å². The molecule has 0 fully saturated rings. The summed E-state index contributed by atoms with van der Waals surface area (Å²) < 4.78 is 25.5. The van der Waals surface area contributed by atoms with Gasteiger partial charge in [0.2, 0.25) is 9.84 Å². The Balaban J connectivity index is 1.66. The van der Waals surface area contributed by atoms with Crippen molar-refractivity contribution in [3.63, 3.8) is 0 Å². The lowest BCUT2D eigenvalue weighted by Gasteiger charge is -2.23. The third kappa shape index (κ3) is 6.19. The highest BCUT2D eigenvalue weighted by Crippen LogP contribution is 2.22. The number of amides is 1. The van der Waals surface area contributed by atoms with E-state index < -0.39 is 22.0 Å². The smallest absolute Gasteiger partial charge is 0.407 e. The Hall–Kier alpha value is -3.20. The third-order valence-corrected chi connectivity index (χ3v) is 7.15. The number of hydrogen-bond donors (Lipinski definition) is 2. The third-order valence-electron chi connectivity index (χ3n) is 5.13. The highest BCUT2D eigenvalue weighted by atomic mass is 35.5. The predicted octanol–water partition coefficient (Wildman–Crippen LogP) is 4.24. The molecular formula is C24H22ClNO6S. The fourth-order valence-electron chi connectivity index (χ4n) is 3.25. The second-order valence-electron chi connectivity index (χ2n) is 7.38. The Labute approximate surface area is 196 Å². The van der Waals surface area contributed by atoms with E-state index in [-0.39, 0.29) is 22.9 Å².